The van der Waals surface area contributed by atoms with E-state index in [0.717, 1.165) is 0 Å². The van der Waals surface area contributed by atoms with Crippen molar-refractivity contribution < 1.29 is 23.4 Å². The maximum Gasteiger partial charge on any atom is 0.513 e. The van der Waals surface area contributed by atoms with Crippen LogP contribution in [0.15, 0.2) is 57.9 Å². The lowest BCUT2D eigenvalue weighted by molar-refractivity contribution is 0.121. The predicted molar refractivity (Wildman–Crippen MR) is 101 cm³/mol. The normalized spacial score (nSPS) is 11.3. The summed E-state index contributed by atoms with van der Waals surface area (Å²) in [6, 6.07) is 12.0. The molecule has 6 heteroatoms. The van der Waals surface area contributed by atoms with Gasteiger partial charge in [0.05, 0.1) is 12.5 Å². The average molecular weight is 368 g/mol. The van der Waals surface area contributed by atoms with E-state index >= 15 is 0 Å². The summed E-state index contributed by atoms with van der Waals surface area (Å²) >= 11 is 0. The first kappa shape index (κ1) is 18.5. The molecule has 140 valence electrons. The van der Waals surface area contributed by atoms with Crippen LogP contribution in [0.4, 0.5) is 4.79 Å². The molecule has 0 radical (unpaired) electrons. The molecule has 0 unspecified atom stereocenters. The van der Waals surface area contributed by atoms with Crippen molar-refractivity contribution in [1.82, 2.24) is 0 Å². The van der Waals surface area contributed by atoms with Gasteiger partial charge in [-0.2, -0.15) is 0 Å². The number of hydrogen-bond acceptors (Lipinski definition) is 6. The summed E-state index contributed by atoms with van der Waals surface area (Å²) in [5.74, 6) is 0.830. The van der Waals surface area contributed by atoms with Gasteiger partial charge in [-0.1, -0.05) is 32.9 Å². The second kappa shape index (κ2) is 7.15. The van der Waals surface area contributed by atoms with Crippen molar-refractivity contribution >= 4 is 17.1 Å². The van der Waals surface area contributed by atoms with Gasteiger partial charge in [-0.3, -0.25) is 4.79 Å². The lowest BCUT2D eigenvalue weighted by Gasteiger charge is -2.19. The second-order valence-electron chi connectivity index (χ2n) is 7.02. The molecule has 0 aliphatic carbocycles. The Morgan fingerprint density at radius 1 is 1.00 bits per heavy atom. The molecule has 0 saturated heterocycles. The van der Waals surface area contributed by atoms with Crippen LogP contribution in [0.25, 0.3) is 11.0 Å². The quantitative estimate of drug-likeness (QED) is 0.477. The van der Waals surface area contributed by atoms with Crippen molar-refractivity contribution in [1.29, 1.82) is 0 Å². The highest BCUT2D eigenvalue weighted by molar-refractivity contribution is 5.80. The Labute approximate surface area is 156 Å². The van der Waals surface area contributed by atoms with Gasteiger partial charge in [-0.05, 0) is 35.2 Å². The van der Waals surface area contributed by atoms with Gasteiger partial charge in [-0.25, -0.2) is 4.79 Å². The summed E-state index contributed by atoms with van der Waals surface area (Å²) in [6.45, 7) is 6.37. The summed E-state index contributed by atoms with van der Waals surface area (Å²) in [4.78, 5) is 23.8. The molecule has 0 bridgehead atoms. The molecule has 3 aromatic rings. The Kier molecular flexibility index (Phi) is 4.90. The number of fused-ring (bicyclic) bond motifs is 1. The van der Waals surface area contributed by atoms with Gasteiger partial charge in [0.25, 0.3) is 0 Å². The van der Waals surface area contributed by atoms with E-state index in [-0.39, 0.29) is 27.9 Å². The van der Waals surface area contributed by atoms with E-state index in [4.69, 9.17) is 13.9 Å². The lowest BCUT2D eigenvalue weighted by Crippen LogP contribution is -2.10. The minimum Gasteiger partial charge on any atom is -0.460 e. The summed E-state index contributed by atoms with van der Waals surface area (Å²) in [5.41, 5.74) is 1.15. The molecule has 0 spiro atoms. The molecular formula is C21H20O6. The van der Waals surface area contributed by atoms with Crippen molar-refractivity contribution in [3.63, 3.8) is 0 Å². The molecule has 3 rings (SSSR count). The maximum absolute atomic E-state index is 12.6. The lowest BCUT2D eigenvalue weighted by atomic mass is 9.87. The van der Waals surface area contributed by atoms with E-state index in [1.807, 2.05) is 24.3 Å². The number of carbonyl (C=O) groups excluding carboxylic acids is 1. The van der Waals surface area contributed by atoms with E-state index in [1.165, 1.54) is 37.1 Å². The van der Waals surface area contributed by atoms with Gasteiger partial charge in [0.15, 0.2) is 0 Å². The fourth-order valence-corrected chi connectivity index (χ4v) is 2.51. The minimum absolute atomic E-state index is 0.0322. The third kappa shape index (κ3) is 4.11. The number of benzene rings is 2. The van der Waals surface area contributed by atoms with Gasteiger partial charge < -0.3 is 18.6 Å². The predicted octanol–water partition coefficient (Wildman–Crippen LogP) is 5.03. The summed E-state index contributed by atoms with van der Waals surface area (Å²) in [7, 11) is 1.21. The zero-order chi connectivity index (χ0) is 19.6. The van der Waals surface area contributed by atoms with Crippen molar-refractivity contribution in [2.75, 3.05) is 7.11 Å². The van der Waals surface area contributed by atoms with Crippen LogP contribution in [-0.2, 0) is 10.2 Å². The number of carbonyl (C=O) groups is 1. The highest BCUT2D eigenvalue weighted by atomic mass is 16.7. The second-order valence-corrected chi connectivity index (χ2v) is 7.02. The minimum atomic E-state index is -0.852. The Balaban J connectivity index is 1.87. The molecule has 6 nitrogen and oxygen atoms in total. The van der Waals surface area contributed by atoms with Crippen molar-refractivity contribution in [2.24, 2.45) is 0 Å². The van der Waals surface area contributed by atoms with E-state index in [1.54, 1.807) is 0 Å². The fourth-order valence-electron chi connectivity index (χ4n) is 2.51. The molecule has 0 N–H and O–H groups in total. The summed E-state index contributed by atoms with van der Waals surface area (Å²) in [6.07, 6.45) is 0.389. The largest absolute Gasteiger partial charge is 0.513 e. The number of ether oxygens (including phenoxy) is 3. The molecule has 0 aliphatic heterocycles. The van der Waals surface area contributed by atoms with Crippen LogP contribution in [0, 0.1) is 0 Å². The third-order valence-electron chi connectivity index (χ3n) is 4.03. The Morgan fingerprint density at radius 3 is 2.30 bits per heavy atom. The summed E-state index contributed by atoms with van der Waals surface area (Å²) in [5, 5.41) is 0.316. The van der Waals surface area contributed by atoms with E-state index in [2.05, 4.69) is 25.5 Å². The van der Waals surface area contributed by atoms with Gasteiger partial charge >= 0.3 is 6.16 Å². The van der Waals surface area contributed by atoms with Gasteiger partial charge in [-0.15, -0.1) is 0 Å². The van der Waals surface area contributed by atoms with E-state index in [0.29, 0.717) is 11.1 Å². The molecule has 1 aromatic heterocycles. The molecule has 0 amide bonds. The Morgan fingerprint density at radius 2 is 1.67 bits per heavy atom. The van der Waals surface area contributed by atoms with Crippen LogP contribution in [0.1, 0.15) is 26.3 Å². The van der Waals surface area contributed by atoms with Gasteiger partial charge in [0.2, 0.25) is 11.2 Å². The van der Waals surface area contributed by atoms with Crippen LogP contribution >= 0.6 is 0 Å². The first-order valence-electron chi connectivity index (χ1n) is 8.38. The van der Waals surface area contributed by atoms with Crippen molar-refractivity contribution in [3.8, 4) is 17.2 Å². The van der Waals surface area contributed by atoms with Gasteiger partial charge in [0, 0.05) is 6.07 Å². The van der Waals surface area contributed by atoms with Crippen LogP contribution in [0.5, 0.6) is 17.2 Å². The molecule has 0 saturated carbocycles. The number of methoxy groups -OCH3 is 1. The van der Waals surface area contributed by atoms with Gasteiger partial charge in [0.1, 0.15) is 23.3 Å². The highest BCUT2D eigenvalue weighted by Gasteiger charge is 2.15. The Hall–Kier alpha value is -3.28. The number of rotatable bonds is 3. The zero-order valence-electron chi connectivity index (χ0n) is 15.6. The molecule has 0 aliphatic rings. The Bertz CT molecular complexity index is 1030. The maximum atomic E-state index is 12.6. The van der Waals surface area contributed by atoms with Crippen molar-refractivity contribution in [2.45, 2.75) is 26.2 Å². The van der Waals surface area contributed by atoms with Crippen LogP contribution < -0.4 is 14.9 Å². The highest BCUT2D eigenvalue weighted by Crippen LogP contribution is 2.27. The summed E-state index contributed by atoms with van der Waals surface area (Å²) < 4.78 is 20.5. The molecule has 1 heterocycles. The van der Waals surface area contributed by atoms with E-state index < -0.39 is 6.16 Å². The number of hydrogen-bond donors (Lipinski definition) is 0. The molecule has 0 atom stereocenters. The van der Waals surface area contributed by atoms with Crippen LogP contribution in [-0.4, -0.2) is 13.3 Å². The molecular weight excluding hydrogens is 348 g/mol. The molecule has 2 aromatic carbocycles. The topological polar surface area (TPSA) is 75.0 Å². The molecule has 0 fully saturated rings. The van der Waals surface area contributed by atoms with E-state index in [9.17, 15) is 9.59 Å². The SMILES string of the molecule is COC(=O)Oc1ccc2c(=O)c(Oc3ccc(C(C)(C)C)cc3)coc2c1. The molecule has 27 heavy (non-hydrogen) atoms. The standard InChI is InChI=1S/C21H20O6/c1-21(2,3)13-5-7-14(8-6-13)26-18-12-25-17-11-15(27-20(23)24-4)9-10-16(17)19(18)22/h5-12H,1-4H3. The third-order valence-corrected chi connectivity index (χ3v) is 4.03. The fraction of sp³-hybridized carbons (Fsp3) is 0.238. The first-order chi connectivity index (χ1) is 12.8. The van der Waals surface area contributed by atoms with Crippen LogP contribution in [0.2, 0.25) is 0 Å². The average Bonchev–Trinajstić information content (AvgIpc) is 2.63. The zero-order valence-corrected chi connectivity index (χ0v) is 15.6. The van der Waals surface area contributed by atoms with Crippen LogP contribution in [0.3, 0.4) is 0 Å². The smallest absolute Gasteiger partial charge is 0.460 e. The van der Waals surface area contributed by atoms with Crippen molar-refractivity contribution in [3.05, 3.63) is 64.5 Å². The first-order valence-corrected chi connectivity index (χ1v) is 8.38. The monoisotopic (exact) mass is 368 g/mol.